The molecule has 0 saturated carbocycles. The Morgan fingerprint density at radius 2 is 2.60 bits per heavy atom. The van der Waals surface area contributed by atoms with Crippen LogP contribution < -0.4 is 0 Å². The molecule has 3 nitrogen and oxygen atoms in total. The Balaban J connectivity index is 3.16. The van der Waals surface area contributed by atoms with E-state index in [0.717, 1.165) is 0 Å². The van der Waals surface area contributed by atoms with Crippen LogP contribution in [0.4, 0.5) is 0 Å². The fourth-order valence-corrected chi connectivity index (χ4v) is 0.771. The van der Waals surface area contributed by atoms with Gasteiger partial charge in [-0.15, -0.1) is 6.42 Å². The first-order valence-corrected chi connectivity index (χ1v) is 2.88. The average Bonchev–Trinajstić information content (AvgIpc) is 2.30. The van der Waals surface area contributed by atoms with Gasteiger partial charge in [0.2, 0.25) is 0 Å². The van der Waals surface area contributed by atoms with Crippen LogP contribution >= 0.6 is 0 Å². The Hall–Kier alpha value is -1.27. The maximum absolute atomic E-state index is 8.76. The molecule has 0 spiro atoms. The van der Waals surface area contributed by atoms with Gasteiger partial charge in [0.25, 0.3) is 0 Å². The number of aliphatic hydroxyl groups excluding tert-OH is 1. The lowest BCUT2D eigenvalue weighted by molar-refractivity contribution is 0.270. The van der Waals surface area contributed by atoms with Gasteiger partial charge in [-0.1, -0.05) is 5.92 Å². The third-order valence-corrected chi connectivity index (χ3v) is 1.37. The van der Waals surface area contributed by atoms with Crippen molar-refractivity contribution in [1.82, 2.24) is 9.78 Å². The molecule has 0 atom stereocenters. The fourth-order valence-electron chi connectivity index (χ4n) is 0.771. The zero-order valence-corrected chi connectivity index (χ0v) is 5.70. The Kier molecular flexibility index (Phi) is 1.74. The average molecular weight is 136 g/mol. The van der Waals surface area contributed by atoms with Crippen LogP contribution in [0.2, 0.25) is 0 Å². The van der Waals surface area contributed by atoms with Crippen LogP contribution in [0.3, 0.4) is 0 Å². The van der Waals surface area contributed by atoms with Crippen molar-refractivity contribution >= 4 is 0 Å². The van der Waals surface area contributed by atoms with Gasteiger partial charge in [-0.2, -0.15) is 5.10 Å². The minimum Gasteiger partial charge on any atom is -0.390 e. The Morgan fingerprint density at radius 3 is 3.00 bits per heavy atom. The van der Waals surface area contributed by atoms with Crippen LogP contribution in [0, 0.1) is 12.3 Å². The predicted octanol–water partition coefficient (Wildman–Crippen LogP) is -0.106. The maximum Gasteiger partial charge on any atom is 0.0862 e. The highest BCUT2D eigenvalue weighted by Crippen LogP contribution is 2.04. The molecule has 1 rings (SSSR count). The van der Waals surface area contributed by atoms with E-state index in [1.165, 1.54) is 0 Å². The fraction of sp³-hybridized carbons (Fsp3) is 0.286. The van der Waals surface area contributed by atoms with Crippen LogP contribution in [0.15, 0.2) is 6.20 Å². The minimum absolute atomic E-state index is 0.0595. The van der Waals surface area contributed by atoms with Gasteiger partial charge in [0.05, 0.1) is 24.1 Å². The van der Waals surface area contributed by atoms with Gasteiger partial charge in [0, 0.05) is 7.05 Å². The third kappa shape index (κ3) is 0.893. The first-order valence-electron chi connectivity index (χ1n) is 2.88. The SMILES string of the molecule is C#Cc1cnn(C)c1CO. The number of aromatic nitrogens is 2. The van der Waals surface area contributed by atoms with Crippen molar-refractivity contribution in [3.05, 3.63) is 17.5 Å². The molecule has 1 aromatic heterocycles. The molecule has 0 radical (unpaired) electrons. The lowest BCUT2D eigenvalue weighted by Crippen LogP contribution is -1.98. The van der Waals surface area contributed by atoms with E-state index in [1.807, 2.05) is 0 Å². The first-order chi connectivity index (χ1) is 4.79. The zero-order chi connectivity index (χ0) is 7.56. The lowest BCUT2D eigenvalue weighted by atomic mass is 10.3. The summed E-state index contributed by atoms with van der Waals surface area (Å²) >= 11 is 0. The molecule has 52 valence electrons. The van der Waals surface area contributed by atoms with Gasteiger partial charge in [-0.25, -0.2) is 0 Å². The Labute approximate surface area is 59.3 Å². The topological polar surface area (TPSA) is 38.0 Å². The number of terminal acetylenes is 1. The van der Waals surface area contributed by atoms with E-state index in [1.54, 1.807) is 17.9 Å². The molecular formula is C7H8N2O. The summed E-state index contributed by atoms with van der Waals surface area (Å²) in [6.45, 7) is -0.0595. The molecule has 0 aliphatic rings. The summed E-state index contributed by atoms with van der Waals surface area (Å²) in [5.74, 6) is 2.42. The molecule has 0 unspecified atom stereocenters. The number of nitrogens with zero attached hydrogens (tertiary/aromatic N) is 2. The molecule has 3 heteroatoms. The second-order valence-corrected chi connectivity index (χ2v) is 1.93. The van der Waals surface area contributed by atoms with Crippen LogP contribution in [0.1, 0.15) is 11.3 Å². The van der Waals surface area contributed by atoms with Crippen molar-refractivity contribution in [3.8, 4) is 12.3 Å². The third-order valence-electron chi connectivity index (χ3n) is 1.37. The highest BCUT2D eigenvalue weighted by molar-refractivity contribution is 5.33. The molecule has 10 heavy (non-hydrogen) atoms. The van der Waals surface area contributed by atoms with Crippen molar-refractivity contribution in [1.29, 1.82) is 0 Å². The van der Waals surface area contributed by atoms with Crippen molar-refractivity contribution in [2.45, 2.75) is 6.61 Å². The molecule has 0 bridgehead atoms. The van der Waals surface area contributed by atoms with Crippen molar-refractivity contribution in [3.63, 3.8) is 0 Å². The van der Waals surface area contributed by atoms with E-state index >= 15 is 0 Å². The smallest absolute Gasteiger partial charge is 0.0862 e. The van der Waals surface area contributed by atoms with E-state index in [4.69, 9.17) is 11.5 Å². The summed E-state index contributed by atoms with van der Waals surface area (Å²) in [5.41, 5.74) is 1.34. The van der Waals surface area contributed by atoms with Crippen molar-refractivity contribution in [2.24, 2.45) is 7.05 Å². The number of hydrogen-bond acceptors (Lipinski definition) is 2. The van der Waals surface area contributed by atoms with Crippen LogP contribution in [-0.4, -0.2) is 14.9 Å². The molecule has 0 saturated heterocycles. The molecule has 1 N–H and O–H groups in total. The van der Waals surface area contributed by atoms with Gasteiger partial charge < -0.3 is 5.11 Å². The van der Waals surface area contributed by atoms with E-state index in [2.05, 4.69) is 11.0 Å². The van der Waals surface area contributed by atoms with Crippen LogP contribution in [0.5, 0.6) is 0 Å². The van der Waals surface area contributed by atoms with E-state index < -0.39 is 0 Å². The molecule has 1 heterocycles. The summed E-state index contributed by atoms with van der Waals surface area (Å²) in [6.07, 6.45) is 6.69. The van der Waals surface area contributed by atoms with Gasteiger partial charge in [-0.3, -0.25) is 4.68 Å². The van der Waals surface area contributed by atoms with E-state index in [0.29, 0.717) is 11.3 Å². The van der Waals surface area contributed by atoms with Gasteiger partial charge in [0.15, 0.2) is 0 Å². The summed E-state index contributed by atoms with van der Waals surface area (Å²) < 4.78 is 1.56. The van der Waals surface area contributed by atoms with E-state index in [9.17, 15) is 0 Å². The summed E-state index contributed by atoms with van der Waals surface area (Å²) in [5, 5.41) is 12.6. The highest BCUT2D eigenvalue weighted by Gasteiger charge is 2.02. The molecule has 0 fully saturated rings. The monoisotopic (exact) mass is 136 g/mol. The Bertz CT molecular complexity index is 270. The normalized spacial score (nSPS) is 9.30. The van der Waals surface area contributed by atoms with E-state index in [-0.39, 0.29) is 6.61 Å². The second-order valence-electron chi connectivity index (χ2n) is 1.93. The zero-order valence-electron chi connectivity index (χ0n) is 5.70. The lowest BCUT2D eigenvalue weighted by Gasteiger charge is -1.95. The van der Waals surface area contributed by atoms with Crippen molar-refractivity contribution in [2.75, 3.05) is 0 Å². The molecule has 0 amide bonds. The van der Waals surface area contributed by atoms with Crippen molar-refractivity contribution < 1.29 is 5.11 Å². The number of rotatable bonds is 1. The minimum atomic E-state index is -0.0595. The predicted molar refractivity (Wildman–Crippen MR) is 37.1 cm³/mol. The van der Waals surface area contributed by atoms with Gasteiger partial charge >= 0.3 is 0 Å². The Morgan fingerprint density at radius 1 is 1.90 bits per heavy atom. The highest BCUT2D eigenvalue weighted by atomic mass is 16.3. The summed E-state index contributed by atoms with van der Waals surface area (Å²) in [6, 6.07) is 0. The second kappa shape index (κ2) is 2.54. The number of hydrogen-bond donors (Lipinski definition) is 1. The molecule has 0 aliphatic heterocycles. The number of aliphatic hydroxyl groups is 1. The first kappa shape index (κ1) is 6.84. The summed E-state index contributed by atoms with van der Waals surface area (Å²) in [7, 11) is 1.74. The standard InChI is InChI=1S/C7H8N2O/c1-3-6-4-8-9(2)7(6)5-10/h1,4,10H,5H2,2H3. The largest absolute Gasteiger partial charge is 0.390 e. The molecule has 1 aromatic rings. The van der Waals surface area contributed by atoms with Gasteiger partial charge in [0.1, 0.15) is 0 Å². The van der Waals surface area contributed by atoms with Gasteiger partial charge in [-0.05, 0) is 0 Å². The quantitative estimate of drug-likeness (QED) is 0.547. The number of aryl methyl sites for hydroxylation is 1. The van der Waals surface area contributed by atoms with Crippen LogP contribution in [0.25, 0.3) is 0 Å². The maximum atomic E-state index is 8.76. The molecular weight excluding hydrogens is 128 g/mol. The molecule has 0 aliphatic carbocycles. The summed E-state index contributed by atoms with van der Waals surface area (Å²) in [4.78, 5) is 0. The molecule has 0 aromatic carbocycles. The van der Waals surface area contributed by atoms with Crippen LogP contribution in [-0.2, 0) is 13.7 Å².